The summed E-state index contributed by atoms with van der Waals surface area (Å²) in [5.74, 6) is -0.319. The zero-order valence-corrected chi connectivity index (χ0v) is 18.4. The molecule has 0 spiro atoms. The highest BCUT2D eigenvalue weighted by atomic mass is 79.9. The maximum Gasteiger partial charge on any atom is 0.294 e. The topological polar surface area (TPSA) is 66.8 Å². The Hall–Kier alpha value is -1.39. The molecule has 1 fully saturated rings. The van der Waals surface area contributed by atoms with Crippen LogP contribution in [0, 0.1) is 0 Å². The fourth-order valence-corrected chi connectivity index (χ4v) is 6.08. The largest absolute Gasteiger partial charge is 0.294 e. The quantitative estimate of drug-likeness (QED) is 0.425. The Morgan fingerprint density at radius 3 is 2.52 bits per heavy atom. The Morgan fingerprint density at radius 1 is 1.22 bits per heavy atom. The number of carbonyl (C=O) groups excluding carboxylic acids is 1. The Labute approximate surface area is 178 Å². The van der Waals surface area contributed by atoms with Crippen LogP contribution in [0.3, 0.4) is 0 Å². The Kier molecular flexibility index (Phi) is 6.27. The molecule has 0 N–H and O–H groups in total. The number of hydrogen-bond acceptors (Lipinski definition) is 5. The van der Waals surface area contributed by atoms with Gasteiger partial charge >= 0.3 is 0 Å². The zero-order valence-electron chi connectivity index (χ0n) is 13.6. The molecule has 1 amide bonds. The van der Waals surface area contributed by atoms with Gasteiger partial charge in [0.1, 0.15) is 4.21 Å². The zero-order chi connectivity index (χ0) is 19.6. The van der Waals surface area contributed by atoms with Gasteiger partial charge < -0.3 is 0 Å². The molecule has 1 aliphatic rings. The maximum absolute atomic E-state index is 12.7. The molecule has 1 aliphatic heterocycles. The average Bonchev–Trinajstić information content (AvgIpc) is 3.17. The maximum atomic E-state index is 12.7. The summed E-state index contributed by atoms with van der Waals surface area (Å²) in [7, 11) is -3.96. The van der Waals surface area contributed by atoms with Gasteiger partial charge in [0.05, 0.1) is 9.24 Å². The smallest absolute Gasteiger partial charge is 0.282 e. The van der Waals surface area contributed by atoms with Gasteiger partial charge in [-0.05, 0) is 47.7 Å². The lowest BCUT2D eigenvalue weighted by atomic mass is 10.2. The number of halogens is 2. The molecule has 27 heavy (non-hydrogen) atoms. The van der Waals surface area contributed by atoms with Crippen LogP contribution < -0.4 is 0 Å². The van der Waals surface area contributed by atoms with Crippen molar-refractivity contribution in [3.8, 4) is 0 Å². The van der Waals surface area contributed by atoms with E-state index in [4.69, 9.17) is 11.6 Å². The van der Waals surface area contributed by atoms with Gasteiger partial charge in [0.25, 0.3) is 15.9 Å². The van der Waals surface area contributed by atoms with Crippen LogP contribution in [0.5, 0.6) is 0 Å². The number of carbonyl (C=O) groups is 1. The molecule has 0 radical (unpaired) electrons. The summed E-state index contributed by atoms with van der Waals surface area (Å²) >= 11 is 11.1. The van der Waals surface area contributed by atoms with E-state index < -0.39 is 10.0 Å². The molecule has 140 valence electrons. The molecule has 5 nitrogen and oxygen atoms in total. The van der Waals surface area contributed by atoms with E-state index in [-0.39, 0.29) is 21.8 Å². The number of thioether (sulfide) groups is 1. The first kappa shape index (κ1) is 20.3. The van der Waals surface area contributed by atoms with Gasteiger partial charge in [-0.3, -0.25) is 9.69 Å². The first-order chi connectivity index (χ1) is 12.8. The van der Waals surface area contributed by atoms with E-state index in [9.17, 15) is 13.2 Å². The van der Waals surface area contributed by atoms with Gasteiger partial charge in [0.15, 0.2) is 5.17 Å². The summed E-state index contributed by atoms with van der Waals surface area (Å²) < 4.78 is 30.2. The molecule has 0 aliphatic carbocycles. The van der Waals surface area contributed by atoms with E-state index in [1.807, 2.05) is 24.3 Å². The van der Waals surface area contributed by atoms with Crippen molar-refractivity contribution < 1.29 is 13.2 Å². The van der Waals surface area contributed by atoms with Crippen molar-refractivity contribution in [2.24, 2.45) is 4.40 Å². The first-order valence-electron chi connectivity index (χ1n) is 7.48. The van der Waals surface area contributed by atoms with E-state index in [0.29, 0.717) is 9.24 Å². The van der Waals surface area contributed by atoms with Crippen molar-refractivity contribution in [2.75, 3.05) is 6.54 Å². The Balaban J connectivity index is 1.98. The summed E-state index contributed by atoms with van der Waals surface area (Å²) in [6.07, 6.45) is 3.22. The summed E-state index contributed by atoms with van der Waals surface area (Å²) in [5, 5.41) is 0.0905. The molecule has 10 heteroatoms. The van der Waals surface area contributed by atoms with Crippen LogP contribution in [0.2, 0.25) is 4.34 Å². The fraction of sp³-hybridized carbons (Fsp3) is 0.0588. The molecule has 3 rings (SSSR count). The minimum Gasteiger partial charge on any atom is -0.282 e. The van der Waals surface area contributed by atoms with Gasteiger partial charge in [0, 0.05) is 11.0 Å². The Bertz CT molecular complexity index is 1060. The molecule has 1 saturated heterocycles. The molecule has 0 unspecified atom stereocenters. The number of amidine groups is 1. The van der Waals surface area contributed by atoms with E-state index >= 15 is 0 Å². The number of sulfonamides is 1. The van der Waals surface area contributed by atoms with E-state index in [2.05, 4.69) is 26.9 Å². The highest BCUT2D eigenvalue weighted by Gasteiger charge is 2.34. The fourth-order valence-electron chi connectivity index (χ4n) is 2.16. The highest BCUT2D eigenvalue weighted by Crippen LogP contribution is 2.35. The SMILES string of the molecule is C=CCN1C(=O)/C(=C/c2ccc(Br)cc2)SC1=NS(=O)(=O)c1ccc(Cl)s1. The third-order valence-electron chi connectivity index (χ3n) is 3.37. The lowest BCUT2D eigenvalue weighted by molar-refractivity contribution is -0.121. The van der Waals surface area contributed by atoms with Gasteiger partial charge in [-0.15, -0.1) is 22.3 Å². The molecule has 0 atom stereocenters. The van der Waals surface area contributed by atoms with Gasteiger partial charge in [-0.2, -0.15) is 8.42 Å². The molecule has 0 saturated carbocycles. The molecule has 2 aromatic rings. The number of nitrogens with zero attached hydrogens (tertiary/aromatic N) is 2. The average molecular weight is 504 g/mol. The van der Waals surface area contributed by atoms with Crippen LogP contribution >= 0.6 is 50.6 Å². The first-order valence-corrected chi connectivity index (χ1v) is 11.7. The second kappa shape index (κ2) is 8.32. The summed E-state index contributed by atoms with van der Waals surface area (Å²) in [6, 6.07) is 10.3. The second-order valence-corrected chi connectivity index (χ2v) is 10.7. The number of hydrogen-bond donors (Lipinski definition) is 0. The van der Waals surface area contributed by atoms with E-state index in [0.717, 1.165) is 33.1 Å². The van der Waals surface area contributed by atoms with Crippen LogP contribution in [0.15, 0.2) is 67.0 Å². The van der Waals surface area contributed by atoms with Crippen molar-refractivity contribution in [2.45, 2.75) is 4.21 Å². The minimum atomic E-state index is -3.96. The molecular formula is C17H12BrClN2O3S3. The number of thiophene rings is 1. The normalized spacial score (nSPS) is 17.9. The molecule has 1 aromatic heterocycles. The minimum absolute atomic E-state index is 0.0249. The van der Waals surface area contributed by atoms with Gasteiger partial charge in [-0.25, -0.2) is 0 Å². The molecule has 1 aromatic carbocycles. The second-order valence-electron chi connectivity index (χ2n) is 5.27. The standard InChI is InChI=1S/C17H12BrClN2O3S3/c1-2-9-21-16(22)13(10-11-3-5-12(18)6-4-11)25-17(21)20-27(23,24)15-8-7-14(19)26-15/h2-8,10H,1,9H2/b13-10-,20-17?. The van der Waals surface area contributed by atoms with Crippen LogP contribution in [0.25, 0.3) is 6.08 Å². The summed E-state index contributed by atoms with van der Waals surface area (Å²) in [6.45, 7) is 3.78. The van der Waals surface area contributed by atoms with Crippen LogP contribution in [-0.4, -0.2) is 30.9 Å². The number of benzene rings is 1. The van der Waals surface area contributed by atoms with Crippen molar-refractivity contribution in [1.29, 1.82) is 0 Å². The number of rotatable bonds is 5. The lowest BCUT2D eigenvalue weighted by Crippen LogP contribution is -2.29. The third-order valence-corrected chi connectivity index (χ3v) is 7.98. The van der Waals surface area contributed by atoms with Crippen molar-refractivity contribution >= 4 is 77.8 Å². The van der Waals surface area contributed by atoms with Gasteiger partial charge in [0.2, 0.25) is 0 Å². The summed E-state index contributed by atoms with van der Waals surface area (Å²) in [5.41, 5.74) is 0.821. The van der Waals surface area contributed by atoms with Crippen molar-refractivity contribution in [1.82, 2.24) is 4.90 Å². The molecule has 0 bridgehead atoms. The lowest BCUT2D eigenvalue weighted by Gasteiger charge is -2.12. The van der Waals surface area contributed by atoms with Crippen molar-refractivity contribution in [3.05, 3.63) is 68.3 Å². The Morgan fingerprint density at radius 2 is 1.93 bits per heavy atom. The van der Waals surface area contributed by atoms with Crippen LogP contribution in [-0.2, 0) is 14.8 Å². The van der Waals surface area contributed by atoms with Crippen LogP contribution in [0.4, 0.5) is 0 Å². The van der Waals surface area contributed by atoms with E-state index in [1.54, 1.807) is 6.08 Å². The third kappa shape index (κ3) is 4.72. The van der Waals surface area contributed by atoms with Gasteiger partial charge in [-0.1, -0.05) is 45.7 Å². The van der Waals surface area contributed by atoms with Crippen molar-refractivity contribution in [3.63, 3.8) is 0 Å². The summed E-state index contributed by atoms with van der Waals surface area (Å²) in [4.78, 5) is 14.4. The predicted octanol–water partition coefficient (Wildman–Crippen LogP) is 5.01. The molecule has 2 heterocycles. The highest BCUT2D eigenvalue weighted by molar-refractivity contribution is 9.10. The molecular weight excluding hydrogens is 492 g/mol. The predicted molar refractivity (Wildman–Crippen MR) is 116 cm³/mol. The van der Waals surface area contributed by atoms with Crippen LogP contribution in [0.1, 0.15) is 5.56 Å². The van der Waals surface area contributed by atoms with E-state index in [1.165, 1.54) is 23.1 Å². The monoisotopic (exact) mass is 502 g/mol. The number of amides is 1.